The number of aryl methyl sites for hydroxylation is 1. The van der Waals surface area contributed by atoms with Crippen LogP contribution in [0.15, 0.2) is 42.7 Å². The highest BCUT2D eigenvalue weighted by Gasteiger charge is 2.49. The summed E-state index contributed by atoms with van der Waals surface area (Å²) in [6.45, 7) is 6.76. The summed E-state index contributed by atoms with van der Waals surface area (Å²) in [5, 5.41) is 11.3. The molecule has 7 rings (SSSR count). The number of hydrogen-bond acceptors (Lipinski definition) is 8. The minimum atomic E-state index is -0.613. The van der Waals surface area contributed by atoms with Crippen LogP contribution in [0.3, 0.4) is 0 Å². The van der Waals surface area contributed by atoms with Gasteiger partial charge in [-0.05, 0) is 132 Å². The number of β-amino-alcohol motifs (C(OH)–C–C–N with tert-alkyl or cyclic N) is 1. The van der Waals surface area contributed by atoms with Gasteiger partial charge in [-0.15, -0.1) is 11.3 Å². The number of carbonyl (C=O) groups excluding carboxylic acids is 2. The number of aliphatic hydroxyl groups excluding tert-OH is 1. The molecule has 1 aromatic carbocycles. The van der Waals surface area contributed by atoms with Crippen molar-refractivity contribution in [3.05, 3.63) is 58.9 Å². The molecule has 262 valence electrons. The maximum Gasteiger partial charge on any atom is 0.410 e. The second-order valence-corrected chi connectivity index (χ2v) is 16.3. The highest BCUT2D eigenvalue weighted by molar-refractivity contribution is 7.15. The first-order valence-corrected chi connectivity index (χ1v) is 19.0. The largest absolute Gasteiger partial charge is 0.496 e. The molecule has 0 radical (unpaired) electrons. The van der Waals surface area contributed by atoms with E-state index in [1.807, 2.05) is 37.2 Å². The third-order valence-corrected chi connectivity index (χ3v) is 12.8. The third kappa shape index (κ3) is 7.22. The predicted molar refractivity (Wildman–Crippen MR) is 191 cm³/mol. The number of ether oxygens (including phenoxy) is 2. The monoisotopic (exact) mass is 686 g/mol. The molecule has 10 heteroatoms. The Hall–Kier alpha value is -3.50. The summed E-state index contributed by atoms with van der Waals surface area (Å²) < 4.78 is 11.3. The van der Waals surface area contributed by atoms with Crippen molar-refractivity contribution in [2.75, 3.05) is 25.1 Å². The van der Waals surface area contributed by atoms with E-state index in [1.54, 1.807) is 23.3 Å². The van der Waals surface area contributed by atoms with Gasteiger partial charge in [0.25, 0.3) is 0 Å². The summed E-state index contributed by atoms with van der Waals surface area (Å²) in [6.07, 6.45) is 12.1. The van der Waals surface area contributed by atoms with E-state index in [1.165, 1.54) is 29.0 Å². The van der Waals surface area contributed by atoms with Gasteiger partial charge in [0.15, 0.2) is 0 Å². The van der Waals surface area contributed by atoms with Gasteiger partial charge in [-0.2, -0.15) is 0 Å². The molecule has 4 fully saturated rings. The first-order valence-electron chi connectivity index (χ1n) is 18.1. The minimum Gasteiger partial charge on any atom is -0.496 e. The fourth-order valence-corrected chi connectivity index (χ4v) is 8.99. The van der Waals surface area contributed by atoms with E-state index in [-0.39, 0.29) is 24.0 Å². The molecule has 0 bridgehead atoms. The van der Waals surface area contributed by atoms with E-state index in [0.717, 1.165) is 41.9 Å². The maximum absolute atomic E-state index is 14.4. The fourth-order valence-electron chi connectivity index (χ4n) is 7.91. The summed E-state index contributed by atoms with van der Waals surface area (Å²) in [6, 6.07) is 10.7. The number of amides is 2. The van der Waals surface area contributed by atoms with Gasteiger partial charge in [0.1, 0.15) is 17.7 Å². The Kier molecular flexibility index (Phi) is 9.72. The van der Waals surface area contributed by atoms with Crippen LogP contribution in [0.5, 0.6) is 5.75 Å². The van der Waals surface area contributed by atoms with E-state index >= 15 is 0 Å². The smallest absolute Gasteiger partial charge is 0.410 e. The molecule has 49 heavy (non-hydrogen) atoms. The number of benzene rings is 1. The topological polar surface area (TPSA) is 105 Å². The van der Waals surface area contributed by atoms with Crippen molar-refractivity contribution >= 4 is 29.2 Å². The molecule has 3 saturated carbocycles. The van der Waals surface area contributed by atoms with Gasteiger partial charge < -0.3 is 14.6 Å². The van der Waals surface area contributed by atoms with Crippen LogP contribution in [0.2, 0.25) is 0 Å². The molecule has 3 aromatic rings. The van der Waals surface area contributed by atoms with Gasteiger partial charge in [-0.1, -0.05) is 12.1 Å². The zero-order valence-electron chi connectivity index (χ0n) is 29.3. The normalized spacial score (nSPS) is 26.5. The van der Waals surface area contributed by atoms with Crippen LogP contribution in [0.4, 0.5) is 10.6 Å². The molecule has 9 nitrogen and oxygen atoms in total. The summed E-state index contributed by atoms with van der Waals surface area (Å²) in [4.78, 5) is 41.4. The second-order valence-electron chi connectivity index (χ2n) is 15.3. The molecule has 2 amide bonds. The van der Waals surface area contributed by atoms with Crippen molar-refractivity contribution in [2.45, 2.75) is 115 Å². The standard InChI is InChI=1S/C39H50N4O5S/c1-24-19-29(13-16-32(24)47-4)26-7-5-25(6-8-26)22-42(35-20-30(17-18-40-35)33-21-41-36(49-33)27-9-10-27)37(45)28-11-14-31(15-12-28)48-38(46)43-23-34(44)39(43,2)3/h13,16-21,25-28,31,34,44H,5-12,14-15,22-23H2,1-4H3. The van der Waals surface area contributed by atoms with Gasteiger partial charge in [0.05, 0.1) is 35.2 Å². The lowest BCUT2D eigenvalue weighted by molar-refractivity contribution is -0.125. The van der Waals surface area contributed by atoms with Crippen LogP contribution in [0.1, 0.15) is 106 Å². The van der Waals surface area contributed by atoms with Gasteiger partial charge in [-0.3, -0.25) is 14.6 Å². The highest BCUT2D eigenvalue weighted by atomic mass is 32.1. The Morgan fingerprint density at radius 2 is 1.71 bits per heavy atom. The van der Waals surface area contributed by atoms with Crippen LogP contribution in [0.25, 0.3) is 10.4 Å². The minimum absolute atomic E-state index is 0.123. The quantitative estimate of drug-likeness (QED) is 0.244. The number of aliphatic hydroxyl groups is 1. The molecule has 1 unspecified atom stereocenters. The number of pyridine rings is 1. The molecule has 1 N–H and O–H groups in total. The number of rotatable bonds is 9. The zero-order chi connectivity index (χ0) is 34.3. The number of thiazole rings is 1. The van der Waals surface area contributed by atoms with Crippen LogP contribution in [0, 0.1) is 18.8 Å². The van der Waals surface area contributed by atoms with E-state index in [2.05, 4.69) is 31.2 Å². The first-order chi connectivity index (χ1) is 23.6. The maximum atomic E-state index is 14.4. The zero-order valence-corrected chi connectivity index (χ0v) is 30.1. The van der Waals surface area contributed by atoms with Crippen molar-refractivity contribution in [1.29, 1.82) is 0 Å². The average Bonchev–Trinajstić information content (AvgIpc) is 3.85. The molecule has 3 heterocycles. The summed E-state index contributed by atoms with van der Waals surface area (Å²) in [7, 11) is 1.72. The first kappa shape index (κ1) is 34.0. The summed E-state index contributed by atoms with van der Waals surface area (Å²) in [5.74, 6) is 3.13. The lowest BCUT2D eigenvalue weighted by Gasteiger charge is -2.51. The molecule has 0 spiro atoms. The van der Waals surface area contributed by atoms with Crippen LogP contribution >= 0.6 is 11.3 Å². The lowest BCUT2D eigenvalue weighted by atomic mass is 9.78. The third-order valence-electron chi connectivity index (χ3n) is 11.6. The van der Waals surface area contributed by atoms with E-state index < -0.39 is 11.6 Å². The average molecular weight is 687 g/mol. The van der Waals surface area contributed by atoms with Gasteiger partial charge in [-0.25, -0.2) is 14.8 Å². The van der Waals surface area contributed by atoms with Gasteiger partial charge in [0.2, 0.25) is 5.91 Å². The van der Waals surface area contributed by atoms with Crippen LogP contribution in [-0.4, -0.2) is 69.9 Å². The SMILES string of the molecule is COc1ccc(C2CCC(CN(C(=O)C3CCC(OC(=O)N4CC(O)C4(C)C)CC3)c3cc(-c4cnc(C5CC5)s4)ccn3)CC2)cc1C. The molecule has 1 aliphatic heterocycles. The number of hydrogen-bond donors (Lipinski definition) is 1. The molecule has 1 atom stereocenters. The Labute approximate surface area is 294 Å². The Bertz CT molecular complexity index is 1650. The summed E-state index contributed by atoms with van der Waals surface area (Å²) in [5.41, 5.74) is 2.99. The predicted octanol–water partition coefficient (Wildman–Crippen LogP) is 7.86. The van der Waals surface area contributed by atoms with Crippen molar-refractivity contribution in [2.24, 2.45) is 11.8 Å². The van der Waals surface area contributed by atoms with Crippen molar-refractivity contribution in [3.8, 4) is 16.2 Å². The number of methoxy groups -OCH3 is 1. The van der Waals surface area contributed by atoms with Crippen molar-refractivity contribution < 1.29 is 24.2 Å². The number of likely N-dealkylation sites (tertiary alicyclic amines) is 1. The van der Waals surface area contributed by atoms with Gasteiger partial charge in [0, 0.05) is 30.8 Å². The molecule has 4 aliphatic rings. The lowest BCUT2D eigenvalue weighted by Crippen LogP contribution is -2.69. The van der Waals surface area contributed by atoms with Crippen LogP contribution in [-0.2, 0) is 9.53 Å². The number of anilines is 1. The number of aromatic nitrogens is 2. The van der Waals surface area contributed by atoms with E-state index in [4.69, 9.17) is 19.4 Å². The number of nitrogens with zero attached hydrogens (tertiary/aromatic N) is 4. The molecular formula is C39H50N4O5S. The van der Waals surface area contributed by atoms with Crippen molar-refractivity contribution in [1.82, 2.24) is 14.9 Å². The molecular weight excluding hydrogens is 637 g/mol. The van der Waals surface area contributed by atoms with E-state index in [0.29, 0.717) is 62.3 Å². The summed E-state index contributed by atoms with van der Waals surface area (Å²) >= 11 is 1.75. The van der Waals surface area contributed by atoms with Crippen LogP contribution < -0.4 is 9.64 Å². The van der Waals surface area contributed by atoms with Gasteiger partial charge >= 0.3 is 6.09 Å². The Morgan fingerprint density at radius 3 is 2.37 bits per heavy atom. The molecule has 1 saturated heterocycles. The molecule has 2 aromatic heterocycles. The Morgan fingerprint density at radius 1 is 0.980 bits per heavy atom. The molecule has 3 aliphatic carbocycles. The highest BCUT2D eigenvalue weighted by Crippen LogP contribution is 2.44. The number of carbonyl (C=O) groups is 2. The van der Waals surface area contributed by atoms with E-state index in [9.17, 15) is 14.7 Å². The van der Waals surface area contributed by atoms with Crippen molar-refractivity contribution in [3.63, 3.8) is 0 Å². The fraction of sp³-hybridized carbons (Fsp3) is 0.590. The Balaban J connectivity index is 1.04. The second kappa shape index (κ2) is 14.0.